The van der Waals surface area contributed by atoms with Gasteiger partial charge in [-0.1, -0.05) is 62.9 Å². The lowest BCUT2D eigenvalue weighted by Crippen LogP contribution is -2.30. The van der Waals surface area contributed by atoms with Crippen molar-refractivity contribution >= 4 is 72.8 Å². The minimum Gasteiger partial charge on any atom is -0.462 e. The Hall–Kier alpha value is -3.67. The van der Waals surface area contributed by atoms with E-state index >= 15 is 0 Å². The molecule has 4 aromatic rings. The van der Waals surface area contributed by atoms with Gasteiger partial charge in [0.05, 0.1) is 29.2 Å². The minimum absolute atomic E-state index is 0.0566. The molecule has 46 heavy (non-hydrogen) atoms. The van der Waals surface area contributed by atoms with E-state index < -0.39 is 21.9 Å². The molecule has 12 heteroatoms. The van der Waals surface area contributed by atoms with Crippen molar-refractivity contribution in [1.82, 2.24) is 4.31 Å². The van der Waals surface area contributed by atoms with Gasteiger partial charge < -0.3 is 9.15 Å². The van der Waals surface area contributed by atoms with Gasteiger partial charge in [-0.25, -0.2) is 13.2 Å². The summed E-state index contributed by atoms with van der Waals surface area (Å²) < 4.78 is 41.2. The first kappa shape index (κ1) is 33.7. The first-order valence-electron chi connectivity index (χ1n) is 14.2. The number of ether oxygens (including phenoxy) is 1. The first-order chi connectivity index (χ1) is 21.9. The molecule has 0 N–H and O–H groups in total. The van der Waals surface area contributed by atoms with E-state index in [1.807, 2.05) is 6.92 Å². The number of hydrogen-bond donors (Lipinski definition) is 0. The number of anilines is 1. The van der Waals surface area contributed by atoms with Crippen LogP contribution in [0.25, 0.3) is 6.08 Å². The molecule has 0 fully saturated rings. The SMILES string of the molecule is CCOC(=O)C1=C(C)N(c2ccc(Br)cc2)C(=O)/C1=C/c1ccc(CN(Cc2ccc(Cl)cc2Cl)S(=O)(=O)c2ccc(C)cc2)o1. The van der Waals surface area contributed by atoms with Crippen LogP contribution in [-0.4, -0.2) is 31.2 Å². The molecule has 5 rings (SSSR count). The normalized spacial score (nSPS) is 14.5. The molecule has 0 bridgehead atoms. The summed E-state index contributed by atoms with van der Waals surface area (Å²) in [6, 6.07) is 21.8. The molecule has 3 aromatic carbocycles. The van der Waals surface area contributed by atoms with Gasteiger partial charge in [0.1, 0.15) is 11.5 Å². The largest absolute Gasteiger partial charge is 0.462 e. The van der Waals surface area contributed by atoms with Gasteiger partial charge in [0.25, 0.3) is 5.91 Å². The second kappa shape index (κ2) is 14.0. The number of furan rings is 1. The third-order valence-corrected chi connectivity index (χ3v) is 10.2. The second-order valence-corrected chi connectivity index (χ2v) is 14.2. The van der Waals surface area contributed by atoms with Gasteiger partial charge in [-0.05, 0) is 93.1 Å². The van der Waals surface area contributed by atoms with E-state index in [0.29, 0.717) is 32.8 Å². The quantitative estimate of drug-likeness (QED) is 0.120. The van der Waals surface area contributed by atoms with Crippen molar-refractivity contribution in [2.75, 3.05) is 11.5 Å². The average molecular weight is 744 g/mol. The lowest BCUT2D eigenvalue weighted by Gasteiger charge is -2.22. The van der Waals surface area contributed by atoms with E-state index in [9.17, 15) is 18.0 Å². The first-order valence-corrected chi connectivity index (χ1v) is 17.2. The van der Waals surface area contributed by atoms with Crippen molar-refractivity contribution in [3.05, 3.63) is 133 Å². The highest BCUT2D eigenvalue weighted by Crippen LogP contribution is 2.36. The van der Waals surface area contributed by atoms with E-state index in [0.717, 1.165) is 10.0 Å². The van der Waals surface area contributed by atoms with Crippen LogP contribution in [0, 0.1) is 6.92 Å². The Morgan fingerprint density at radius 3 is 2.33 bits per heavy atom. The third-order valence-electron chi connectivity index (χ3n) is 7.29. The number of carbonyl (C=O) groups excluding carboxylic acids is 2. The van der Waals surface area contributed by atoms with Crippen LogP contribution in [0.4, 0.5) is 5.69 Å². The molecule has 1 aliphatic heterocycles. The van der Waals surface area contributed by atoms with Crippen molar-refractivity contribution in [3.8, 4) is 0 Å². The van der Waals surface area contributed by atoms with Gasteiger partial charge in [-0.2, -0.15) is 4.31 Å². The molecule has 0 atom stereocenters. The number of allylic oxidation sites excluding steroid dienone is 1. The number of amides is 1. The Morgan fingerprint density at radius 1 is 0.978 bits per heavy atom. The summed E-state index contributed by atoms with van der Waals surface area (Å²) in [5.74, 6) is -0.507. The number of nitrogens with zero attached hydrogens (tertiary/aromatic N) is 2. The molecule has 1 aliphatic rings. The van der Waals surface area contributed by atoms with Crippen LogP contribution in [0.3, 0.4) is 0 Å². The molecule has 238 valence electrons. The van der Waals surface area contributed by atoms with E-state index in [2.05, 4.69) is 15.9 Å². The molecule has 0 saturated heterocycles. The topological polar surface area (TPSA) is 97.1 Å². The van der Waals surface area contributed by atoms with Crippen molar-refractivity contribution in [3.63, 3.8) is 0 Å². The highest BCUT2D eigenvalue weighted by Gasteiger charge is 2.38. The maximum Gasteiger partial charge on any atom is 0.340 e. The van der Waals surface area contributed by atoms with Crippen LogP contribution in [0.5, 0.6) is 0 Å². The van der Waals surface area contributed by atoms with E-state index in [4.69, 9.17) is 32.4 Å². The molecule has 2 heterocycles. The maximum atomic E-state index is 13.9. The number of aryl methyl sites for hydroxylation is 1. The molecule has 1 amide bonds. The number of halogens is 3. The van der Waals surface area contributed by atoms with Crippen LogP contribution < -0.4 is 4.90 Å². The van der Waals surface area contributed by atoms with Crippen LogP contribution in [0.1, 0.15) is 36.5 Å². The van der Waals surface area contributed by atoms with Gasteiger partial charge in [0.15, 0.2) is 0 Å². The fourth-order valence-corrected chi connectivity index (χ4v) is 7.10. The number of rotatable bonds is 10. The van der Waals surface area contributed by atoms with Gasteiger partial charge in [-0.3, -0.25) is 9.69 Å². The Balaban J connectivity index is 1.50. The summed E-state index contributed by atoms with van der Waals surface area (Å²) in [5, 5.41) is 0.752. The lowest BCUT2D eigenvalue weighted by atomic mass is 10.1. The standard InChI is InChI=1S/C34H29BrCl2N2O6S/c1-4-44-34(41)32-22(3)39(26-11-8-24(35)9-12-26)33(40)30(32)18-27-13-14-28(45-27)20-38(19-23-7-10-25(36)17-31(23)37)46(42,43)29-15-5-21(2)6-16-29/h5-18H,4,19-20H2,1-3H3/b30-18+. The number of esters is 1. The molecule has 0 unspecified atom stereocenters. The van der Waals surface area contributed by atoms with E-state index in [-0.39, 0.29) is 41.5 Å². The van der Waals surface area contributed by atoms with Crippen LogP contribution in [0.2, 0.25) is 10.0 Å². The zero-order chi connectivity index (χ0) is 33.2. The fraction of sp³-hybridized carbons (Fsp3) is 0.176. The van der Waals surface area contributed by atoms with Crippen LogP contribution >= 0.6 is 39.1 Å². The Labute approximate surface area is 286 Å². The Bertz CT molecular complexity index is 1970. The predicted molar refractivity (Wildman–Crippen MR) is 182 cm³/mol. The second-order valence-electron chi connectivity index (χ2n) is 10.5. The summed E-state index contributed by atoms with van der Waals surface area (Å²) in [5.41, 5.74) is 2.68. The number of hydrogen-bond acceptors (Lipinski definition) is 6. The lowest BCUT2D eigenvalue weighted by molar-refractivity contribution is -0.138. The van der Waals surface area contributed by atoms with Crippen molar-refractivity contribution < 1.29 is 27.2 Å². The highest BCUT2D eigenvalue weighted by atomic mass is 79.9. The van der Waals surface area contributed by atoms with Crippen LogP contribution in [0.15, 0.2) is 109 Å². The Morgan fingerprint density at radius 2 is 1.67 bits per heavy atom. The summed E-state index contributed by atoms with van der Waals surface area (Å²) in [6.07, 6.45) is 1.47. The number of sulfonamides is 1. The van der Waals surface area contributed by atoms with E-state index in [1.54, 1.807) is 92.7 Å². The zero-order valence-electron chi connectivity index (χ0n) is 25.1. The molecule has 0 spiro atoms. The summed E-state index contributed by atoms with van der Waals surface area (Å²) in [7, 11) is -4.00. The van der Waals surface area contributed by atoms with Gasteiger partial charge in [0.2, 0.25) is 10.0 Å². The molecule has 0 aliphatic carbocycles. The maximum absolute atomic E-state index is 13.9. The third kappa shape index (κ3) is 7.16. The number of benzene rings is 3. The molecular formula is C34H29BrCl2N2O6S. The summed E-state index contributed by atoms with van der Waals surface area (Å²) in [4.78, 5) is 28.3. The van der Waals surface area contributed by atoms with E-state index in [1.165, 1.54) is 15.3 Å². The van der Waals surface area contributed by atoms with Crippen LogP contribution in [-0.2, 0) is 37.4 Å². The molecule has 8 nitrogen and oxygen atoms in total. The van der Waals surface area contributed by atoms with Crippen molar-refractivity contribution in [2.45, 2.75) is 38.8 Å². The van der Waals surface area contributed by atoms with Crippen molar-refractivity contribution in [2.24, 2.45) is 0 Å². The summed E-state index contributed by atoms with van der Waals surface area (Å²) >= 11 is 15.9. The fourth-order valence-electron chi connectivity index (χ4n) is 4.98. The average Bonchev–Trinajstić information content (AvgIpc) is 3.55. The smallest absolute Gasteiger partial charge is 0.340 e. The van der Waals surface area contributed by atoms with Gasteiger partial charge >= 0.3 is 5.97 Å². The van der Waals surface area contributed by atoms with Crippen molar-refractivity contribution in [1.29, 1.82) is 0 Å². The molecule has 0 radical (unpaired) electrons. The Kier molecular flexibility index (Phi) is 10.2. The van der Waals surface area contributed by atoms with Gasteiger partial charge in [0, 0.05) is 32.4 Å². The molecule has 1 aromatic heterocycles. The van der Waals surface area contributed by atoms with Gasteiger partial charge in [-0.15, -0.1) is 0 Å². The monoisotopic (exact) mass is 742 g/mol. The zero-order valence-corrected chi connectivity index (χ0v) is 29.0. The predicted octanol–water partition coefficient (Wildman–Crippen LogP) is 8.32. The number of carbonyl (C=O) groups is 2. The minimum atomic E-state index is -4.00. The molecular weight excluding hydrogens is 715 g/mol. The molecule has 0 saturated carbocycles. The summed E-state index contributed by atoms with van der Waals surface area (Å²) in [6.45, 7) is 5.17. The highest BCUT2D eigenvalue weighted by molar-refractivity contribution is 9.10.